The van der Waals surface area contributed by atoms with Gasteiger partial charge in [0, 0.05) is 10.0 Å². The summed E-state index contributed by atoms with van der Waals surface area (Å²) < 4.78 is -0.476. The van der Waals surface area contributed by atoms with E-state index in [-0.39, 0.29) is 0 Å². The van der Waals surface area contributed by atoms with Crippen molar-refractivity contribution in [1.29, 1.82) is 0 Å². The number of hydrogen-bond acceptors (Lipinski definition) is 0. The zero-order valence-electron chi connectivity index (χ0n) is 8.63. The maximum absolute atomic E-state index is 6.00. The molecular weight excluding hydrogens is 387 g/mol. The molecule has 0 heterocycles. The van der Waals surface area contributed by atoms with Crippen molar-refractivity contribution in [3.05, 3.63) is 69.7 Å². The summed E-state index contributed by atoms with van der Waals surface area (Å²) in [6.45, 7) is 0. The van der Waals surface area contributed by atoms with Crippen LogP contribution in [-0.4, -0.2) is 0 Å². The second-order valence-corrected chi connectivity index (χ2v) is 7.91. The first kappa shape index (κ1) is 13.4. The van der Waals surface area contributed by atoms with Gasteiger partial charge < -0.3 is 0 Å². The first-order chi connectivity index (χ1) is 8.00. The molecule has 0 radical (unpaired) electrons. The largest absolute Gasteiger partial charge is 0.130 e. The zero-order chi connectivity index (χ0) is 12.5. The Kier molecular flexibility index (Phi) is 4.19. The van der Waals surface area contributed by atoms with E-state index in [0.29, 0.717) is 10.0 Å². The minimum atomic E-state index is -0.476. The van der Waals surface area contributed by atoms with E-state index in [2.05, 4.69) is 31.9 Å². The van der Waals surface area contributed by atoms with Gasteiger partial charge in [0.1, 0.15) is 3.23 Å². The van der Waals surface area contributed by atoms with Crippen molar-refractivity contribution in [2.24, 2.45) is 0 Å². The van der Waals surface area contributed by atoms with E-state index >= 15 is 0 Å². The Bertz CT molecular complexity index is 491. The van der Waals surface area contributed by atoms with E-state index in [9.17, 15) is 0 Å². The molecular formula is C13H8Br2Cl2. The SMILES string of the molecule is Clc1cccc(C(Br)(Br)c2cccc(Cl)c2)c1. The molecule has 0 aliphatic carbocycles. The van der Waals surface area contributed by atoms with Gasteiger partial charge in [-0.2, -0.15) is 0 Å². The van der Waals surface area contributed by atoms with Gasteiger partial charge in [0.15, 0.2) is 0 Å². The molecule has 4 heteroatoms. The Morgan fingerprint density at radius 1 is 0.765 bits per heavy atom. The third kappa shape index (κ3) is 3.05. The van der Waals surface area contributed by atoms with Crippen molar-refractivity contribution in [3.8, 4) is 0 Å². The molecule has 2 rings (SSSR count). The average Bonchev–Trinajstić information content (AvgIpc) is 2.29. The molecule has 0 saturated carbocycles. The molecule has 0 saturated heterocycles. The normalized spacial score (nSPS) is 11.5. The van der Waals surface area contributed by atoms with Gasteiger partial charge in [0.25, 0.3) is 0 Å². The van der Waals surface area contributed by atoms with Gasteiger partial charge in [0.2, 0.25) is 0 Å². The molecule has 0 amide bonds. The molecule has 0 aliphatic rings. The fourth-order valence-electron chi connectivity index (χ4n) is 1.53. The Morgan fingerprint density at radius 3 is 1.53 bits per heavy atom. The summed E-state index contributed by atoms with van der Waals surface area (Å²) in [6.07, 6.45) is 0. The summed E-state index contributed by atoms with van der Waals surface area (Å²) >= 11 is 19.3. The third-order valence-electron chi connectivity index (χ3n) is 2.37. The lowest BCUT2D eigenvalue weighted by atomic mass is 10.0. The summed E-state index contributed by atoms with van der Waals surface area (Å²) in [5, 5.41) is 1.40. The van der Waals surface area contributed by atoms with Crippen molar-refractivity contribution in [3.63, 3.8) is 0 Å². The van der Waals surface area contributed by atoms with E-state index in [1.165, 1.54) is 0 Å². The molecule has 2 aromatic carbocycles. The molecule has 0 unspecified atom stereocenters. The number of rotatable bonds is 2. The maximum Gasteiger partial charge on any atom is 0.130 e. The van der Waals surface area contributed by atoms with Crippen LogP contribution in [0.5, 0.6) is 0 Å². The highest BCUT2D eigenvalue weighted by atomic mass is 79.9. The van der Waals surface area contributed by atoms with Gasteiger partial charge >= 0.3 is 0 Å². The number of alkyl halides is 2. The second kappa shape index (κ2) is 5.31. The van der Waals surface area contributed by atoms with Crippen molar-refractivity contribution < 1.29 is 0 Å². The van der Waals surface area contributed by atoms with Crippen LogP contribution in [0.25, 0.3) is 0 Å². The molecule has 0 N–H and O–H groups in total. The van der Waals surface area contributed by atoms with Crippen LogP contribution in [0.1, 0.15) is 11.1 Å². The van der Waals surface area contributed by atoms with Crippen molar-refractivity contribution >= 4 is 55.1 Å². The fourth-order valence-corrected chi connectivity index (χ4v) is 2.90. The van der Waals surface area contributed by atoms with Crippen LogP contribution in [-0.2, 0) is 3.23 Å². The summed E-state index contributed by atoms with van der Waals surface area (Å²) in [7, 11) is 0. The van der Waals surface area contributed by atoms with Crippen molar-refractivity contribution in [1.82, 2.24) is 0 Å². The van der Waals surface area contributed by atoms with Crippen LogP contribution in [0.3, 0.4) is 0 Å². The Balaban J connectivity index is 2.49. The zero-order valence-corrected chi connectivity index (χ0v) is 13.3. The molecule has 88 valence electrons. The summed E-state index contributed by atoms with van der Waals surface area (Å²) in [5.74, 6) is 0. The average molecular weight is 395 g/mol. The highest BCUT2D eigenvalue weighted by molar-refractivity contribution is 9.25. The predicted molar refractivity (Wildman–Crippen MR) is 81.5 cm³/mol. The lowest BCUT2D eigenvalue weighted by Crippen LogP contribution is -2.10. The standard InChI is InChI=1S/C13H8Br2Cl2/c14-13(15,9-3-1-5-11(16)7-9)10-4-2-6-12(17)8-10/h1-8H. The summed E-state index contributed by atoms with van der Waals surface area (Å²) in [4.78, 5) is 0. The smallest absolute Gasteiger partial charge is 0.0843 e. The lowest BCUT2D eigenvalue weighted by molar-refractivity contribution is 1.12. The molecule has 0 bridgehead atoms. The molecule has 0 fully saturated rings. The molecule has 0 atom stereocenters. The number of benzene rings is 2. The van der Waals surface area contributed by atoms with Gasteiger partial charge in [-0.05, 0) is 35.4 Å². The molecule has 0 nitrogen and oxygen atoms in total. The lowest BCUT2D eigenvalue weighted by Gasteiger charge is -2.22. The number of hydrogen-bond donors (Lipinski definition) is 0. The van der Waals surface area contributed by atoms with Crippen LogP contribution in [0.15, 0.2) is 48.5 Å². The van der Waals surface area contributed by atoms with E-state index in [1.807, 2.05) is 48.5 Å². The first-order valence-corrected chi connectivity index (χ1v) is 7.24. The first-order valence-electron chi connectivity index (χ1n) is 4.90. The topological polar surface area (TPSA) is 0 Å². The van der Waals surface area contributed by atoms with Crippen LogP contribution < -0.4 is 0 Å². The quantitative estimate of drug-likeness (QED) is 0.549. The van der Waals surface area contributed by atoms with Gasteiger partial charge in [-0.3, -0.25) is 0 Å². The van der Waals surface area contributed by atoms with Crippen LogP contribution in [0.4, 0.5) is 0 Å². The second-order valence-electron chi connectivity index (χ2n) is 3.60. The van der Waals surface area contributed by atoms with Gasteiger partial charge in [-0.15, -0.1) is 0 Å². The van der Waals surface area contributed by atoms with Crippen molar-refractivity contribution in [2.75, 3.05) is 0 Å². The fraction of sp³-hybridized carbons (Fsp3) is 0.0769. The predicted octanol–water partition coefficient (Wildman–Crippen LogP) is 5.98. The molecule has 17 heavy (non-hydrogen) atoms. The Morgan fingerprint density at radius 2 is 1.18 bits per heavy atom. The third-order valence-corrected chi connectivity index (χ3v) is 4.68. The molecule has 0 aliphatic heterocycles. The number of halogens is 4. The maximum atomic E-state index is 6.00. The van der Waals surface area contributed by atoms with E-state index < -0.39 is 3.23 Å². The van der Waals surface area contributed by atoms with Crippen LogP contribution >= 0.6 is 55.1 Å². The van der Waals surface area contributed by atoms with Crippen LogP contribution in [0.2, 0.25) is 10.0 Å². The highest BCUT2D eigenvalue weighted by Gasteiger charge is 2.28. The minimum absolute atomic E-state index is 0.476. The highest BCUT2D eigenvalue weighted by Crippen LogP contribution is 2.45. The summed E-state index contributed by atoms with van der Waals surface area (Å²) in [6, 6.07) is 15.3. The Hall–Kier alpha value is -0.0200. The van der Waals surface area contributed by atoms with E-state index in [0.717, 1.165) is 11.1 Å². The van der Waals surface area contributed by atoms with Crippen LogP contribution in [0, 0.1) is 0 Å². The van der Waals surface area contributed by atoms with E-state index in [1.54, 1.807) is 0 Å². The molecule has 0 spiro atoms. The summed E-state index contributed by atoms with van der Waals surface area (Å²) in [5.41, 5.74) is 2.04. The van der Waals surface area contributed by atoms with Gasteiger partial charge in [0.05, 0.1) is 0 Å². The minimum Gasteiger partial charge on any atom is -0.0843 e. The van der Waals surface area contributed by atoms with Gasteiger partial charge in [-0.25, -0.2) is 0 Å². The van der Waals surface area contributed by atoms with E-state index in [4.69, 9.17) is 23.2 Å². The monoisotopic (exact) mass is 392 g/mol. The molecule has 0 aromatic heterocycles. The molecule has 2 aromatic rings. The van der Waals surface area contributed by atoms with Crippen molar-refractivity contribution in [2.45, 2.75) is 3.23 Å². The Labute approximate surface area is 127 Å². The van der Waals surface area contributed by atoms with Gasteiger partial charge in [-0.1, -0.05) is 79.3 Å².